The number of rotatable bonds is 4. The van der Waals surface area contributed by atoms with E-state index in [-0.39, 0.29) is 34.6 Å². The first-order valence-corrected chi connectivity index (χ1v) is 11.0. The summed E-state index contributed by atoms with van der Waals surface area (Å²) in [5.74, 6) is 0.229. The molecule has 3 aliphatic rings. The molecule has 0 aromatic heterocycles. The standard InChI is InChI=1S/C22H38N2O3/c1-5-27-18-14-17(22(18)11-7-6-8-12-22)23-19(25)16-10-9-13-24(15-16)20(26)21(2,3)4/h16-18H,5-15H2,1-4H3,(H,23,25)/t16-,17-,18-/m1/s1. The molecule has 1 heterocycles. The highest BCUT2D eigenvalue weighted by molar-refractivity contribution is 5.84. The number of ether oxygens (including phenoxy) is 1. The topological polar surface area (TPSA) is 58.6 Å². The predicted molar refractivity (Wildman–Crippen MR) is 106 cm³/mol. The summed E-state index contributed by atoms with van der Waals surface area (Å²) in [7, 11) is 0. The fraction of sp³-hybridized carbons (Fsp3) is 0.909. The lowest BCUT2D eigenvalue weighted by Crippen LogP contribution is -2.66. The molecule has 3 atom stereocenters. The maximum Gasteiger partial charge on any atom is 0.227 e. The number of likely N-dealkylation sites (tertiary alicyclic amines) is 1. The van der Waals surface area contributed by atoms with Gasteiger partial charge in [-0.15, -0.1) is 0 Å². The van der Waals surface area contributed by atoms with E-state index in [9.17, 15) is 9.59 Å². The Hall–Kier alpha value is -1.10. The molecule has 0 aromatic carbocycles. The Morgan fingerprint density at radius 1 is 1.15 bits per heavy atom. The van der Waals surface area contributed by atoms with Crippen LogP contribution in [0.25, 0.3) is 0 Å². The van der Waals surface area contributed by atoms with Crippen LogP contribution in [0.2, 0.25) is 0 Å². The molecular formula is C22H38N2O3. The van der Waals surface area contributed by atoms with E-state index in [1.807, 2.05) is 25.7 Å². The van der Waals surface area contributed by atoms with Gasteiger partial charge < -0.3 is 15.0 Å². The quantitative estimate of drug-likeness (QED) is 0.814. The smallest absolute Gasteiger partial charge is 0.227 e. The number of nitrogens with one attached hydrogen (secondary N) is 1. The maximum absolute atomic E-state index is 13.0. The van der Waals surface area contributed by atoms with Gasteiger partial charge in [0.15, 0.2) is 0 Å². The lowest BCUT2D eigenvalue weighted by Gasteiger charge is -2.58. The van der Waals surface area contributed by atoms with Crippen LogP contribution >= 0.6 is 0 Å². The zero-order chi connectivity index (χ0) is 19.7. The summed E-state index contributed by atoms with van der Waals surface area (Å²) in [6, 6.07) is 0.246. The molecule has 0 aromatic rings. The van der Waals surface area contributed by atoms with E-state index in [1.54, 1.807) is 0 Å². The van der Waals surface area contributed by atoms with E-state index < -0.39 is 0 Å². The van der Waals surface area contributed by atoms with Crippen molar-refractivity contribution in [1.82, 2.24) is 10.2 Å². The number of piperidine rings is 1. The van der Waals surface area contributed by atoms with Gasteiger partial charge >= 0.3 is 0 Å². The third-order valence-corrected chi connectivity index (χ3v) is 6.97. The summed E-state index contributed by atoms with van der Waals surface area (Å²) in [5, 5.41) is 3.38. The van der Waals surface area contributed by atoms with Crippen molar-refractivity contribution in [3.63, 3.8) is 0 Å². The van der Waals surface area contributed by atoms with Gasteiger partial charge in [-0.05, 0) is 39.0 Å². The van der Waals surface area contributed by atoms with Gasteiger partial charge in [0.25, 0.3) is 0 Å². The number of hydrogen-bond acceptors (Lipinski definition) is 3. The second kappa shape index (κ2) is 8.10. The van der Waals surface area contributed by atoms with Crippen LogP contribution in [0, 0.1) is 16.7 Å². The van der Waals surface area contributed by atoms with Gasteiger partial charge in [-0.2, -0.15) is 0 Å². The molecule has 5 nitrogen and oxygen atoms in total. The van der Waals surface area contributed by atoms with Crippen LogP contribution in [0.15, 0.2) is 0 Å². The molecule has 1 aliphatic heterocycles. The first kappa shape index (κ1) is 20.6. The summed E-state index contributed by atoms with van der Waals surface area (Å²) in [6.45, 7) is 10.0. The molecule has 1 spiro atoms. The fourth-order valence-electron chi connectivity index (χ4n) is 5.41. The van der Waals surface area contributed by atoms with E-state index in [0.29, 0.717) is 12.6 Å². The minimum absolute atomic E-state index is 0.0724. The Balaban J connectivity index is 1.60. The Kier molecular flexibility index (Phi) is 6.19. The second-order valence-corrected chi connectivity index (χ2v) is 9.88. The van der Waals surface area contributed by atoms with Gasteiger partial charge in [0.2, 0.25) is 11.8 Å². The Morgan fingerprint density at radius 2 is 1.85 bits per heavy atom. The number of amides is 2. The lowest BCUT2D eigenvalue weighted by molar-refractivity contribution is -0.159. The summed E-state index contributed by atoms with van der Waals surface area (Å²) in [5.41, 5.74) is -0.233. The third kappa shape index (κ3) is 4.18. The van der Waals surface area contributed by atoms with Crippen molar-refractivity contribution in [2.24, 2.45) is 16.7 Å². The summed E-state index contributed by atoms with van der Waals surface area (Å²) in [6.07, 6.45) is 9.17. The van der Waals surface area contributed by atoms with E-state index >= 15 is 0 Å². The monoisotopic (exact) mass is 378 g/mol. The number of nitrogens with zero attached hydrogens (tertiary/aromatic N) is 1. The van der Waals surface area contributed by atoms with Crippen molar-refractivity contribution in [2.45, 2.75) is 91.2 Å². The van der Waals surface area contributed by atoms with Crippen molar-refractivity contribution in [3.8, 4) is 0 Å². The normalized spacial score (nSPS) is 30.7. The summed E-state index contributed by atoms with van der Waals surface area (Å²) < 4.78 is 6.01. The van der Waals surface area contributed by atoms with Crippen molar-refractivity contribution >= 4 is 11.8 Å². The number of carbonyl (C=O) groups excluding carboxylic acids is 2. The zero-order valence-electron chi connectivity index (χ0n) is 17.7. The molecule has 2 saturated carbocycles. The van der Waals surface area contributed by atoms with Crippen molar-refractivity contribution in [3.05, 3.63) is 0 Å². The van der Waals surface area contributed by atoms with Gasteiger partial charge in [-0.3, -0.25) is 9.59 Å². The van der Waals surface area contributed by atoms with Gasteiger partial charge in [0.1, 0.15) is 0 Å². The molecule has 1 saturated heterocycles. The van der Waals surface area contributed by atoms with Crippen molar-refractivity contribution in [2.75, 3.05) is 19.7 Å². The number of carbonyl (C=O) groups is 2. The van der Waals surface area contributed by atoms with Crippen LogP contribution in [0.3, 0.4) is 0 Å². The van der Waals surface area contributed by atoms with Gasteiger partial charge in [-0.25, -0.2) is 0 Å². The molecule has 0 unspecified atom stereocenters. The van der Waals surface area contributed by atoms with E-state index in [0.717, 1.165) is 32.4 Å². The van der Waals surface area contributed by atoms with Crippen LogP contribution in [0.4, 0.5) is 0 Å². The molecule has 27 heavy (non-hydrogen) atoms. The molecule has 5 heteroatoms. The molecule has 3 fully saturated rings. The molecule has 1 N–H and O–H groups in total. The Labute approximate surface area is 164 Å². The average Bonchev–Trinajstić information content (AvgIpc) is 2.66. The molecule has 2 amide bonds. The highest BCUT2D eigenvalue weighted by Crippen LogP contribution is 2.53. The fourth-order valence-corrected chi connectivity index (χ4v) is 5.41. The highest BCUT2D eigenvalue weighted by atomic mass is 16.5. The minimum atomic E-state index is -0.386. The molecule has 0 bridgehead atoms. The van der Waals surface area contributed by atoms with Crippen molar-refractivity contribution < 1.29 is 14.3 Å². The average molecular weight is 379 g/mol. The summed E-state index contributed by atoms with van der Waals surface area (Å²) in [4.78, 5) is 27.5. The second-order valence-electron chi connectivity index (χ2n) is 9.88. The van der Waals surface area contributed by atoms with Crippen LogP contribution in [-0.2, 0) is 14.3 Å². The van der Waals surface area contributed by atoms with Gasteiger partial charge in [0, 0.05) is 36.6 Å². The molecule has 154 valence electrons. The van der Waals surface area contributed by atoms with Gasteiger partial charge in [0.05, 0.1) is 12.0 Å². The zero-order valence-corrected chi connectivity index (χ0v) is 17.7. The largest absolute Gasteiger partial charge is 0.378 e. The van der Waals surface area contributed by atoms with Gasteiger partial charge in [-0.1, -0.05) is 40.0 Å². The number of hydrogen-bond donors (Lipinski definition) is 1. The first-order valence-electron chi connectivity index (χ1n) is 11.0. The van der Waals surface area contributed by atoms with E-state index in [2.05, 4.69) is 12.2 Å². The van der Waals surface area contributed by atoms with Crippen LogP contribution in [0.5, 0.6) is 0 Å². The molecular weight excluding hydrogens is 340 g/mol. The predicted octanol–water partition coefficient (Wildman–Crippen LogP) is 3.52. The van der Waals surface area contributed by atoms with Crippen molar-refractivity contribution in [1.29, 1.82) is 0 Å². The van der Waals surface area contributed by atoms with E-state index in [1.165, 1.54) is 32.1 Å². The molecule has 2 aliphatic carbocycles. The van der Waals surface area contributed by atoms with Crippen LogP contribution in [0.1, 0.15) is 79.1 Å². The first-order chi connectivity index (χ1) is 12.8. The lowest BCUT2D eigenvalue weighted by atomic mass is 9.55. The third-order valence-electron chi connectivity index (χ3n) is 6.97. The molecule has 0 radical (unpaired) electrons. The highest BCUT2D eigenvalue weighted by Gasteiger charge is 2.56. The minimum Gasteiger partial charge on any atom is -0.378 e. The Morgan fingerprint density at radius 3 is 2.48 bits per heavy atom. The maximum atomic E-state index is 13.0. The summed E-state index contributed by atoms with van der Waals surface area (Å²) >= 11 is 0. The van der Waals surface area contributed by atoms with E-state index in [4.69, 9.17) is 4.74 Å². The SMILES string of the molecule is CCO[C@@H]1C[C@@H](NC(=O)[C@@H]2CCCN(C(=O)C(C)(C)C)C2)C12CCCCC2. The molecule has 3 rings (SSSR count). The Bertz CT molecular complexity index is 548. The van der Waals surface area contributed by atoms with Crippen LogP contribution in [-0.4, -0.2) is 48.6 Å². The van der Waals surface area contributed by atoms with Crippen LogP contribution < -0.4 is 5.32 Å².